The minimum Gasteiger partial charge on any atom is -0.436 e. The van der Waals surface area contributed by atoms with Crippen LogP contribution in [0.2, 0.25) is 5.02 Å². The quantitative estimate of drug-likeness (QED) is 0.563. The molecule has 20 heavy (non-hydrogen) atoms. The standard InChI is InChI=1S/C16H13BrClNO/c1-9(2)10-3-6-15-14(7-10)19-16(20-15)12-5-4-11(17)8-13(12)18/h3-9H,1-2H3. The fraction of sp³-hybridized carbons (Fsp3) is 0.188. The van der Waals surface area contributed by atoms with E-state index < -0.39 is 0 Å². The van der Waals surface area contributed by atoms with Gasteiger partial charge in [0.2, 0.25) is 5.89 Å². The van der Waals surface area contributed by atoms with Crippen molar-refractivity contribution >= 4 is 38.6 Å². The van der Waals surface area contributed by atoms with Gasteiger partial charge in [0.15, 0.2) is 5.58 Å². The van der Waals surface area contributed by atoms with E-state index in [-0.39, 0.29) is 0 Å². The lowest BCUT2D eigenvalue weighted by Crippen LogP contribution is -1.85. The molecule has 3 rings (SSSR count). The third-order valence-corrected chi connectivity index (χ3v) is 4.05. The van der Waals surface area contributed by atoms with Crippen LogP contribution in [0.25, 0.3) is 22.6 Å². The van der Waals surface area contributed by atoms with Crippen molar-refractivity contribution in [3.8, 4) is 11.5 Å². The van der Waals surface area contributed by atoms with Crippen LogP contribution >= 0.6 is 27.5 Å². The van der Waals surface area contributed by atoms with Crippen molar-refractivity contribution in [1.29, 1.82) is 0 Å². The third kappa shape index (κ3) is 2.48. The van der Waals surface area contributed by atoms with Crippen LogP contribution < -0.4 is 0 Å². The molecule has 2 nitrogen and oxygen atoms in total. The Morgan fingerprint density at radius 1 is 1.15 bits per heavy atom. The van der Waals surface area contributed by atoms with Gasteiger partial charge in [-0.05, 0) is 41.8 Å². The van der Waals surface area contributed by atoms with Crippen LogP contribution in [0.5, 0.6) is 0 Å². The number of halogens is 2. The molecule has 102 valence electrons. The topological polar surface area (TPSA) is 26.0 Å². The zero-order valence-electron chi connectivity index (χ0n) is 11.2. The smallest absolute Gasteiger partial charge is 0.228 e. The second kappa shape index (κ2) is 5.23. The van der Waals surface area contributed by atoms with Gasteiger partial charge >= 0.3 is 0 Å². The van der Waals surface area contributed by atoms with Crippen LogP contribution in [0, 0.1) is 0 Å². The minimum atomic E-state index is 0.468. The molecule has 0 N–H and O–H groups in total. The molecule has 0 atom stereocenters. The second-order valence-corrected chi connectivity index (χ2v) is 6.35. The van der Waals surface area contributed by atoms with E-state index in [1.807, 2.05) is 24.3 Å². The van der Waals surface area contributed by atoms with Crippen molar-refractivity contribution in [1.82, 2.24) is 4.98 Å². The Morgan fingerprint density at radius 3 is 2.65 bits per heavy atom. The molecule has 2 aromatic carbocycles. The van der Waals surface area contributed by atoms with Crippen molar-refractivity contribution < 1.29 is 4.42 Å². The highest BCUT2D eigenvalue weighted by molar-refractivity contribution is 9.10. The first-order chi connectivity index (χ1) is 9.54. The molecule has 1 heterocycles. The highest BCUT2D eigenvalue weighted by Crippen LogP contribution is 2.32. The van der Waals surface area contributed by atoms with Crippen molar-refractivity contribution in [2.24, 2.45) is 0 Å². The van der Waals surface area contributed by atoms with Crippen LogP contribution in [0.3, 0.4) is 0 Å². The summed E-state index contributed by atoms with van der Waals surface area (Å²) in [5.41, 5.74) is 3.70. The molecule has 1 aromatic heterocycles. The first-order valence-corrected chi connectivity index (χ1v) is 7.57. The summed E-state index contributed by atoms with van der Waals surface area (Å²) in [6.07, 6.45) is 0. The fourth-order valence-corrected chi connectivity index (χ4v) is 2.84. The molecule has 0 unspecified atom stereocenters. The molecule has 0 fully saturated rings. The van der Waals surface area contributed by atoms with Gasteiger partial charge in [-0.15, -0.1) is 0 Å². The van der Waals surface area contributed by atoms with E-state index in [0.717, 1.165) is 21.1 Å². The summed E-state index contributed by atoms with van der Waals surface area (Å²) in [7, 11) is 0. The van der Waals surface area contributed by atoms with Gasteiger partial charge in [-0.25, -0.2) is 4.98 Å². The average Bonchev–Trinajstić information content (AvgIpc) is 2.80. The monoisotopic (exact) mass is 349 g/mol. The van der Waals surface area contributed by atoms with Gasteiger partial charge in [0.25, 0.3) is 0 Å². The maximum absolute atomic E-state index is 6.24. The molecule has 0 aliphatic rings. The molecule has 0 saturated heterocycles. The first-order valence-electron chi connectivity index (χ1n) is 6.40. The van der Waals surface area contributed by atoms with Crippen LogP contribution in [0.15, 0.2) is 45.3 Å². The van der Waals surface area contributed by atoms with Crippen molar-refractivity contribution in [3.63, 3.8) is 0 Å². The molecule has 0 bridgehead atoms. The first kappa shape index (κ1) is 13.7. The molecule has 4 heteroatoms. The summed E-state index contributed by atoms with van der Waals surface area (Å²) in [6, 6.07) is 11.8. The largest absolute Gasteiger partial charge is 0.436 e. The van der Waals surface area contributed by atoms with Crippen molar-refractivity contribution in [2.45, 2.75) is 19.8 Å². The Kier molecular flexibility index (Phi) is 3.57. The lowest BCUT2D eigenvalue weighted by Gasteiger charge is -2.02. The summed E-state index contributed by atoms with van der Waals surface area (Å²) in [5, 5.41) is 0.620. The lowest BCUT2D eigenvalue weighted by atomic mass is 10.0. The second-order valence-electron chi connectivity index (χ2n) is 5.03. The maximum Gasteiger partial charge on any atom is 0.228 e. The molecule has 0 radical (unpaired) electrons. The Balaban J connectivity index is 2.13. The van der Waals surface area contributed by atoms with E-state index in [1.165, 1.54) is 5.56 Å². The highest BCUT2D eigenvalue weighted by atomic mass is 79.9. The Morgan fingerprint density at radius 2 is 1.95 bits per heavy atom. The lowest BCUT2D eigenvalue weighted by molar-refractivity contribution is 0.619. The van der Waals surface area contributed by atoms with E-state index in [1.54, 1.807) is 0 Å². The number of fused-ring (bicyclic) bond motifs is 1. The van der Waals surface area contributed by atoms with Crippen LogP contribution in [0.4, 0.5) is 0 Å². The number of hydrogen-bond donors (Lipinski definition) is 0. The van der Waals surface area contributed by atoms with Gasteiger partial charge in [0.1, 0.15) is 5.52 Å². The normalized spacial score (nSPS) is 11.4. The molecular formula is C16H13BrClNO. The van der Waals surface area contributed by atoms with Crippen molar-refractivity contribution in [3.05, 3.63) is 51.5 Å². The summed E-state index contributed by atoms with van der Waals surface area (Å²) >= 11 is 9.64. The summed E-state index contributed by atoms with van der Waals surface area (Å²) < 4.78 is 6.73. The number of rotatable bonds is 2. The van der Waals surface area contributed by atoms with Crippen LogP contribution in [-0.2, 0) is 0 Å². The average molecular weight is 351 g/mol. The highest BCUT2D eigenvalue weighted by Gasteiger charge is 2.12. The number of oxazole rings is 1. The zero-order valence-corrected chi connectivity index (χ0v) is 13.5. The fourth-order valence-electron chi connectivity index (χ4n) is 2.08. The van der Waals surface area contributed by atoms with Gasteiger partial charge in [-0.2, -0.15) is 0 Å². The predicted octanol–water partition coefficient (Wildman–Crippen LogP) is 6.03. The SMILES string of the molecule is CC(C)c1ccc2oc(-c3ccc(Br)cc3Cl)nc2c1. The van der Waals surface area contributed by atoms with E-state index in [9.17, 15) is 0 Å². The van der Waals surface area contributed by atoms with Gasteiger partial charge in [0, 0.05) is 4.47 Å². The number of hydrogen-bond acceptors (Lipinski definition) is 2. The van der Waals surface area contributed by atoms with Gasteiger partial charge in [-0.1, -0.05) is 47.4 Å². The third-order valence-electron chi connectivity index (χ3n) is 3.24. The van der Waals surface area contributed by atoms with Crippen LogP contribution in [0.1, 0.15) is 25.3 Å². The molecular weight excluding hydrogens is 338 g/mol. The number of aromatic nitrogens is 1. The Labute approximate surface area is 130 Å². The van der Waals surface area contributed by atoms with Gasteiger partial charge in [0.05, 0.1) is 10.6 Å². The minimum absolute atomic E-state index is 0.468. The van der Waals surface area contributed by atoms with Gasteiger partial charge in [-0.3, -0.25) is 0 Å². The Hall–Kier alpha value is -1.32. The number of nitrogens with zero attached hydrogens (tertiary/aromatic N) is 1. The summed E-state index contributed by atoms with van der Waals surface area (Å²) in [4.78, 5) is 4.55. The summed E-state index contributed by atoms with van der Waals surface area (Å²) in [5.74, 6) is 1.02. The Bertz CT molecular complexity index is 779. The van der Waals surface area contributed by atoms with E-state index in [2.05, 4.69) is 46.9 Å². The zero-order chi connectivity index (χ0) is 14.3. The van der Waals surface area contributed by atoms with Crippen molar-refractivity contribution in [2.75, 3.05) is 0 Å². The molecule has 0 aliphatic carbocycles. The van der Waals surface area contributed by atoms with E-state index >= 15 is 0 Å². The molecule has 0 saturated carbocycles. The van der Waals surface area contributed by atoms with Gasteiger partial charge < -0.3 is 4.42 Å². The predicted molar refractivity (Wildman–Crippen MR) is 86.2 cm³/mol. The molecule has 0 aliphatic heterocycles. The summed E-state index contributed by atoms with van der Waals surface area (Å²) in [6.45, 7) is 4.32. The molecule has 3 aromatic rings. The maximum atomic E-state index is 6.24. The molecule has 0 spiro atoms. The van der Waals surface area contributed by atoms with Crippen LogP contribution in [-0.4, -0.2) is 4.98 Å². The van der Waals surface area contributed by atoms with E-state index in [4.69, 9.17) is 16.0 Å². The molecule has 0 amide bonds. The van der Waals surface area contributed by atoms with E-state index in [0.29, 0.717) is 16.8 Å². The number of benzene rings is 2.